The van der Waals surface area contributed by atoms with Crippen molar-refractivity contribution >= 4 is 29.1 Å². The molecule has 1 saturated heterocycles. The van der Waals surface area contributed by atoms with Gasteiger partial charge >= 0.3 is 0 Å². The topological polar surface area (TPSA) is 65.3 Å². The standard InChI is InChI=1S/C19H17ClN4O2/c1-11-3-4-12(2)13(9-11)10-23-17-16(21-22-23)18(25)24(19(17)26)15-7-5-14(20)6-8-15/h3-9,16-17H,10H2,1-2H3/t16-,17-/m1/s1. The molecule has 0 aromatic heterocycles. The summed E-state index contributed by atoms with van der Waals surface area (Å²) in [6, 6.07) is 11.3. The van der Waals surface area contributed by atoms with Crippen molar-refractivity contribution in [3.05, 3.63) is 64.2 Å². The second-order valence-corrected chi connectivity index (χ2v) is 7.05. The lowest BCUT2D eigenvalue weighted by Gasteiger charge is -2.21. The van der Waals surface area contributed by atoms with Gasteiger partial charge in [0, 0.05) is 5.02 Å². The van der Waals surface area contributed by atoms with Crippen molar-refractivity contribution in [3.63, 3.8) is 0 Å². The summed E-state index contributed by atoms with van der Waals surface area (Å²) in [5.74, 6) is -0.660. The van der Waals surface area contributed by atoms with Crippen LogP contribution < -0.4 is 4.90 Å². The first-order chi connectivity index (χ1) is 12.5. The molecule has 132 valence electrons. The first-order valence-corrected chi connectivity index (χ1v) is 8.70. The Balaban J connectivity index is 1.62. The van der Waals surface area contributed by atoms with Gasteiger partial charge in [0.2, 0.25) is 0 Å². The van der Waals surface area contributed by atoms with E-state index in [1.807, 2.05) is 26.0 Å². The van der Waals surface area contributed by atoms with Crippen LogP contribution in [0.3, 0.4) is 0 Å². The van der Waals surface area contributed by atoms with Crippen molar-refractivity contribution in [3.8, 4) is 0 Å². The van der Waals surface area contributed by atoms with E-state index in [2.05, 4.69) is 16.4 Å². The van der Waals surface area contributed by atoms with E-state index in [4.69, 9.17) is 11.6 Å². The van der Waals surface area contributed by atoms with Gasteiger partial charge in [0.15, 0.2) is 12.1 Å². The second-order valence-electron chi connectivity index (χ2n) is 6.61. The zero-order valence-electron chi connectivity index (χ0n) is 14.4. The molecule has 2 amide bonds. The Kier molecular flexibility index (Phi) is 4.00. The number of aryl methyl sites for hydroxylation is 2. The van der Waals surface area contributed by atoms with Gasteiger partial charge in [-0.2, -0.15) is 5.11 Å². The summed E-state index contributed by atoms with van der Waals surface area (Å²) in [5, 5.41) is 10.3. The number of anilines is 1. The highest BCUT2D eigenvalue weighted by Gasteiger charge is 2.54. The Labute approximate surface area is 156 Å². The van der Waals surface area contributed by atoms with E-state index in [-0.39, 0.29) is 11.8 Å². The summed E-state index contributed by atoms with van der Waals surface area (Å²) in [6.07, 6.45) is 0. The zero-order chi connectivity index (χ0) is 18.4. The van der Waals surface area contributed by atoms with E-state index >= 15 is 0 Å². The third-order valence-electron chi connectivity index (χ3n) is 4.78. The number of halogens is 1. The molecule has 7 heteroatoms. The Hall–Kier alpha value is -2.73. The van der Waals surface area contributed by atoms with Crippen LogP contribution in [-0.4, -0.2) is 28.9 Å². The summed E-state index contributed by atoms with van der Waals surface area (Å²) in [7, 11) is 0. The first kappa shape index (κ1) is 16.7. The molecular weight excluding hydrogens is 352 g/mol. The van der Waals surface area contributed by atoms with E-state index in [0.717, 1.165) is 16.7 Å². The van der Waals surface area contributed by atoms with Crippen LogP contribution in [0.4, 0.5) is 5.69 Å². The van der Waals surface area contributed by atoms with Crippen LogP contribution in [0, 0.1) is 13.8 Å². The predicted molar refractivity (Wildman–Crippen MR) is 97.8 cm³/mol. The summed E-state index contributed by atoms with van der Waals surface area (Å²) >= 11 is 5.90. The van der Waals surface area contributed by atoms with E-state index < -0.39 is 12.1 Å². The number of nitrogens with zero attached hydrogens (tertiary/aromatic N) is 4. The zero-order valence-corrected chi connectivity index (χ0v) is 15.1. The number of hydrogen-bond acceptors (Lipinski definition) is 5. The summed E-state index contributed by atoms with van der Waals surface area (Å²) in [4.78, 5) is 26.8. The van der Waals surface area contributed by atoms with E-state index in [9.17, 15) is 9.59 Å². The molecule has 0 N–H and O–H groups in total. The Morgan fingerprint density at radius 1 is 1.04 bits per heavy atom. The molecule has 1 fully saturated rings. The monoisotopic (exact) mass is 368 g/mol. The molecule has 0 bridgehead atoms. The lowest BCUT2D eigenvalue weighted by Crippen LogP contribution is -2.39. The fourth-order valence-corrected chi connectivity index (χ4v) is 3.47. The van der Waals surface area contributed by atoms with Crippen molar-refractivity contribution in [2.24, 2.45) is 10.3 Å². The van der Waals surface area contributed by atoms with E-state index in [1.54, 1.807) is 29.3 Å². The van der Waals surface area contributed by atoms with Crippen LogP contribution in [-0.2, 0) is 16.1 Å². The fourth-order valence-electron chi connectivity index (χ4n) is 3.34. The molecule has 6 nitrogen and oxygen atoms in total. The number of carbonyl (C=O) groups is 2. The molecule has 2 aliphatic heterocycles. The highest BCUT2D eigenvalue weighted by atomic mass is 35.5. The molecular formula is C19H17ClN4O2. The number of benzene rings is 2. The van der Waals surface area contributed by atoms with Crippen LogP contribution >= 0.6 is 11.6 Å². The molecule has 2 aromatic carbocycles. The maximum atomic E-state index is 12.9. The minimum atomic E-state index is -0.789. The van der Waals surface area contributed by atoms with Gasteiger partial charge in [-0.25, -0.2) is 4.90 Å². The number of fused-ring (bicyclic) bond motifs is 1. The minimum absolute atomic E-state index is 0.308. The average Bonchev–Trinajstić information content (AvgIpc) is 3.13. The molecule has 2 heterocycles. The van der Waals surface area contributed by atoms with Gasteiger partial charge < -0.3 is 0 Å². The smallest absolute Gasteiger partial charge is 0.263 e. The van der Waals surface area contributed by atoms with Crippen LogP contribution in [0.1, 0.15) is 16.7 Å². The molecule has 4 rings (SSSR count). The quantitative estimate of drug-likeness (QED) is 0.779. The van der Waals surface area contributed by atoms with Gasteiger partial charge in [-0.05, 0) is 49.2 Å². The number of imide groups is 1. The average molecular weight is 369 g/mol. The van der Waals surface area contributed by atoms with Crippen molar-refractivity contribution < 1.29 is 9.59 Å². The Morgan fingerprint density at radius 3 is 2.50 bits per heavy atom. The molecule has 2 aromatic rings. The molecule has 0 radical (unpaired) electrons. The second kappa shape index (κ2) is 6.21. The maximum absolute atomic E-state index is 12.9. The minimum Gasteiger partial charge on any atom is -0.271 e. The SMILES string of the molecule is Cc1ccc(C)c(CN2N=N[C@H]3C(=O)N(c4ccc(Cl)cc4)C(=O)[C@@H]32)c1. The Bertz CT molecular complexity index is 926. The van der Waals surface area contributed by atoms with Crippen LogP contribution in [0.25, 0.3) is 0 Å². The van der Waals surface area contributed by atoms with Crippen molar-refractivity contribution in [2.75, 3.05) is 4.90 Å². The van der Waals surface area contributed by atoms with Crippen LogP contribution in [0.15, 0.2) is 52.8 Å². The van der Waals surface area contributed by atoms with Gasteiger partial charge in [0.1, 0.15) is 0 Å². The lowest BCUT2D eigenvalue weighted by molar-refractivity contribution is -0.123. The molecule has 2 aliphatic rings. The fraction of sp³-hybridized carbons (Fsp3) is 0.263. The van der Waals surface area contributed by atoms with Crippen molar-refractivity contribution in [1.29, 1.82) is 0 Å². The summed E-state index contributed by atoms with van der Waals surface area (Å²) in [6.45, 7) is 4.47. The van der Waals surface area contributed by atoms with Crippen LogP contribution in [0.5, 0.6) is 0 Å². The molecule has 0 spiro atoms. The highest BCUT2D eigenvalue weighted by molar-refractivity contribution is 6.31. The Morgan fingerprint density at radius 2 is 1.77 bits per heavy atom. The van der Waals surface area contributed by atoms with Gasteiger partial charge in [-0.15, -0.1) is 0 Å². The normalized spacial score (nSPS) is 21.7. The highest BCUT2D eigenvalue weighted by Crippen LogP contribution is 2.33. The molecule has 26 heavy (non-hydrogen) atoms. The summed E-state index contributed by atoms with van der Waals surface area (Å²) in [5.41, 5.74) is 3.81. The van der Waals surface area contributed by atoms with Gasteiger partial charge in [0.25, 0.3) is 11.8 Å². The van der Waals surface area contributed by atoms with E-state index in [0.29, 0.717) is 17.3 Å². The predicted octanol–water partition coefficient (Wildman–Crippen LogP) is 3.45. The van der Waals surface area contributed by atoms with Gasteiger partial charge in [-0.3, -0.25) is 14.6 Å². The largest absolute Gasteiger partial charge is 0.271 e. The maximum Gasteiger partial charge on any atom is 0.263 e. The molecule has 0 saturated carbocycles. The van der Waals surface area contributed by atoms with Gasteiger partial charge in [-0.1, -0.05) is 40.6 Å². The number of carbonyl (C=O) groups excluding carboxylic acids is 2. The van der Waals surface area contributed by atoms with Crippen molar-refractivity contribution in [1.82, 2.24) is 5.01 Å². The third-order valence-corrected chi connectivity index (χ3v) is 5.03. The molecule has 0 unspecified atom stereocenters. The third kappa shape index (κ3) is 2.66. The number of hydrogen-bond donors (Lipinski definition) is 0. The van der Waals surface area contributed by atoms with Crippen LogP contribution in [0.2, 0.25) is 5.02 Å². The van der Waals surface area contributed by atoms with Crippen molar-refractivity contribution in [2.45, 2.75) is 32.5 Å². The summed E-state index contributed by atoms with van der Waals surface area (Å²) < 4.78 is 0. The molecule has 0 aliphatic carbocycles. The molecule has 2 atom stereocenters. The first-order valence-electron chi connectivity index (χ1n) is 8.32. The van der Waals surface area contributed by atoms with Gasteiger partial charge in [0.05, 0.1) is 12.2 Å². The number of rotatable bonds is 3. The lowest BCUT2D eigenvalue weighted by atomic mass is 10.0. The van der Waals surface area contributed by atoms with E-state index in [1.165, 1.54) is 4.90 Å². The number of amides is 2.